The lowest BCUT2D eigenvalue weighted by Crippen LogP contribution is -2.46. The van der Waals surface area contributed by atoms with Crippen molar-refractivity contribution in [2.75, 3.05) is 31.1 Å². The second-order valence-electron chi connectivity index (χ2n) is 7.94. The molecule has 0 spiro atoms. The Bertz CT molecular complexity index is 972. The van der Waals surface area contributed by atoms with Crippen LogP contribution in [0.5, 0.6) is 0 Å². The lowest BCUT2D eigenvalue weighted by atomic mass is 10.1. The maximum Gasteiger partial charge on any atom is 0.251 e. The second kappa shape index (κ2) is 9.18. The first-order chi connectivity index (χ1) is 14.6. The minimum Gasteiger partial charge on any atom is -0.467 e. The molecule has 2 heterocycles. The van der Waals surface area contributed by atoms with Crippen molar-refractivity contribution in [3.63, 3.8) is 0 Å². The smallest absolute Gasteiger partial charge is 0.251 e. The van der Waals surface area contributed by atoms with Gasteiger partial charge in [0, 0.05) is 44.0 Å². The SMILES string of the molecule is Cc1cccc(N2CCN(Cc3ccc(C(=O)NCc4ccco4)cc3)CC2)c1C. The standard InChI is InChI=1S/C25H29N3O2/c1-19-5-3-7-24(20(19)2)28-14-12-27(13-15-28)18-21-8-10-22(11-9-21)25(29)26-17-23-6-4-16-30-23/h3-11,16H,12-15,17-18H2,1-2H3,(H,26,29). The molecule has 1 fully saturated rings. The molecular weight excluding hydrogens is 374 g/mol. The van der Waals surface area contributed by atoms with E-state index in [9.17, 15) is 4.79 Å². The molecule has 0 unspecified atom stereocenters. The van der Waals surface area contributed by atoms with Crippen LogP contribution in [0, 0.1) is 13.8 Å². The molecule has 1 aliphatic rings. The number of nitrogens with one attached hydrogen (secondary N) is 1. The highest BCUT2D eigenvalue weighted by Crippen LogP contribution is 2.24. The van der Waals surface area contributed by atoms with E-state index < -0.39 is 0 Å². The van der Waals surface area contributed by atoms with Gasteiger partial charge in [-0.2, -0.15) is 0 Å². The molecule has 0 atom stereocenters. The van der Waals surface area contributed by atoms with E-state index in [4.69, 9.17) is 4.42 Å². The zero-order chi connectivity index (χ0) is 20.9. The fourth-order valence-electron chi connectivity index (χ4n) is 3.93. The first-order valence-corrected chi connectivity index (χ1v) is 10.5. The largest absolute Gasteiger partial charge is 0.467 e. The number of benzene rings is 2. The van der Waals surface area contributed by atoms with Crippen LogP contribution in [0.4, 0.5) is 5.69 Å². The quantitative estimate of drug-likeness (QED) is 0.672. The van der Waals surface area contributed by atoms with Gasteiger partial charge in [0.1, 0.15) is 5.76 Å². The summed E-state index contributed by atoms with van der Waals surface area (Å²) < 4.78 is 5.25. The lowest BCUT2D eigenvalue weighted by Gasteiger charge is -2.37. The number of anilines is 1. The first kappa shape index (κ1) is 20.2. The zero-order valence-corrected chi connectivity index (χ0v) is 17.7. The van der Waals surface area contributed by atoms with Crippen molar-refractivity contribution in [3.05, 3.63) is 88.9 Å². The number of nitrogens with zero attached hydrogens (tertiary/aromatic N) is 2. The molecule has 2 aromatic carbocycles. The molecule has 0 radical (unpaired) electrons. The molecule has 1 amide bonds. The summed E-state index contributed by atoms with van der Waals surface area (Å²) in [6.07, 6.45) is 1.61. The monoisotopic (exact) mass is 403 g/mol. The Morgan fingerprint density at radius 2 is 1.73 bits per heavy atom. The van der Waals surface area contributed by atoms with Crippen LogP contribution in [0.1, 0.15) is 32.8 Å². The molecule has 5 heteroatoms. The molecule has 0 bridgehead atoms. The topological polar surface area (TPSA) is 48.7 Å². The summed E-state index contributed by atoms with van der Waals surface area (Å²) >= 11 is 0. The number of aryl methyl sites for hydroxylation is 1. The number of amides is 1. The molecule has 0 saturated carbocycles. The summed E-state index contributed by atoms with van der Waals surface area (Å²) in [7, 11) is 0. The number of piperazine rings is 1. The lowest BCUT2D eigenvalue weighted by molar-refractivity contribution is 0.0948. The Labute approximate surface area is 178 Å². The third kappa shape index (κ3) is 4.74. The van der Waals surface area contributed by atoms with E-state index in [1.54, 1.807) is 6.26 Å². The molecule has 1 aromatic heterocycles. The van der Waals surface area contributed by atoms with Crippen LogP contribution in [0.3, 0.4) is 0 Å². The van der Waals surface area contributed by atoms with Crippen molar-refractivity contribution in [1.29, 1.82) is 0 Å². The fraction of sp³-hybridized carbons (Fsp3) is 0.320. The summed E-state index contributed by atoms with van der Waals surface area (Å²) in [6, 6.07) is 18.1. The molecule has 3 aromatic rings. The van der Waals surface area contributed by atoms with Crippen LogP contribution >= 0.6 is 0 Å². The normalized spacial score (nSPS) is 14.7. The minimum atomic E-state index is -0.0833. The summed E-state index contributed by atoms with van der Waals surface area (Å²) in [5.74, 6) is 0.667. The van der Waals surface area contributed by atoms with E-state index in [0.717, 1.165) is 38.5 Å². The fourth-order valence-corrected chi connectivity index (χ4v) is 3.93. The summed E-state index contributed by atoms with van der Waals surface area (Å²) in [5.41, 5.74) is 6.00. The van der Waals surface area contributed by atoms with Crippen molar-refractivity contribution in [2.24, 2.45) is 0 Å². The molecule has 1 aliphatic heterocycles. The summed E-state index contributed by atoms with van der Waals surface area (Å²) in [5, 5.41) is 2.88. The van der Waals surface area contributed by atoms with Crippen LogP contribution in [-0.2, 0) is 13.1 Å². The maximum atomic E-state index is 12.3. The average molecular weight is 404 g/mol. The van der Waals surface area contributed by atoms with Gasteiger partial charge in [-0.1, -0.05) is 24.3 Å². The van der Waals surface area contributed by atoms with Gasteiger partial charge in [0.05, 0.1) is 12.8 Å². The van der Waals surface area contributed by atoms with E-state index in [0.29, 0.717) is 12.1 Å². The van der Waals surface area contributed by atoms with E-state index in [2.05, 4.69) is 59.3 Å². The molecule has 1 N–H and O–H groups in total. The molecule has 5 nitrogen and oxygen atoms in total. The van der Waals surface area contributed by atoms with E-state index in [1.807, 2.05) is 24.3 Å². The van der Waals surface area contributed by atoms with Crippen LogP contribution < -0.4 is 10.2 Å². The Morgan fingerprint density at radius 1 is 0.967 bits per heavy atom. The highest BCUT2D eigenvalue weighted by atomic mass is 16.3. The third-order valence-corrected chi connectivity index (χ3v) is 5.91. The number of hydrogen-bond donors (Lipinski definition) is 1. The Kier molecular flexibility index (Phi) is 6.19. The molecule has 1 saturated heterocycles. The molecular formula is C25H29N3O2. The first-order valence-electron chi connectivity index (χ1n) is 10.5. The van der Waals surface area contributed by atoms with Crippen molar-refractivity contribution >= 4 is 11.6 Å². The molecule has 4 rings (SSSR count). The van der Waals surface area contributed by atoms with Crippen LogP contribution in [0.2, 0.25) is 0 Å². The Balaban J connectivity index is 1.28. The highest BCUT2D eigenvalue weighted by molar-refractivity contribution is 5.94. The third-order valence-electron chi connectivity index (χ3n) is 5.91. The number of carbonyl (C=O) groups excluding carboxylic acids is 1. The maximum absolute atomic E-state index is 12.3. The van der Waals surface area contributed by atoms with Gasteiger partial charge in [-0.05, 0) is 60.9 Å². The van der Waals surface area contributed by atoms with Crippen LogP contribution in [-0.4, -0.2) is 37.0 Å². The van der Waals surface area contributed by atoms with E-state index in [-0.39, 0.29) is 5.91 Å². The van der Waals surface area contributed by atoms with Gasteiger partial charge in [-0.25, -0.2) is 0 Å². The van der Waals surface area contributed by atoms with Crippen LogP contribution in [0.15, 0.2) is 65.3 Å². The van der Waals surface area contributed by atoms with Crippen molar-refractivity contribution in [1.82, 2.24) is 10.2 Å². The van der Waals surface area contributed by atoms with Gasteiger partial charge in [0.2, 0.25) is 0 Å². The molecule has 0 aliphatic carbocycles. The number of rotatable bonds is 6. The number of furan rings is 1. The predicted octanol–water partition coefficient (Wildman–Crippen LogP) is 4.15. The van der Waals surface area contributed by atoms with E-state index in [1.165, 1.54) is 22.4 Å². The second-order valence-corrected chi connectivity index (χ2v) is 7.94. The summed E-state index contributed by atoms with van der Waals surface area (Å²) in [4.78, 5) is 17.3. The number of carbonyl (C=O) groups is 1. The van der Waals surface area contributed by atoms with Crippen molar-refractivity contribution in [2.45, 2.75) is 26.9 Å². The van der Waals surface area contributed by atoms with Crippen molar-refractivity contribution < 1.29 is 9.21 Å². The molecule has 30 heavy (non-hydrogen) atoms. The van der Waals surface area contributed by atoms with Gasteiger partial charge in [-0.15, -0.1) is 0 Å². The van der Waals surface area contributed by atoms with Gasteiger partial charge >= 0.3 is 0 Å². The van der Waals surface area contributed by atoms with Gasteiger partial charge in [-0.3, -0.25) is 9.69 Å². The van der Waals surface area contributed by atoms with Crippen LogP contribution in [0.25, 0.3) is 0 Å². The zero-order valence-electron chi connectivity index (χ0n) is 17.7. The summed E-state index contributed by atoms with van der Waals surface area (Å²) in [6.45, 7) is 9.86. The van der Waals surface area contributed by atoms with E-state index >= 15 is 0 Å². The minimum absolute atomic E-state index is 0.0833. The molecule has 156 valence electrons. The van der Waals surface area contributed by atoms with Gasteiger partial charge < -0.3 is 14.6 Å². The van der Waals surface area contributed by atoms with Gasteiger partial charge in [0.15, 0.2) is 0 Å². The van der Waals surface area contributed by atoms with Crippen molar-refractivity contribution in [3.8, 4) is 0 Å². The number of hydrogen-bond acceptors (Lipinski definition) is 4. The van der Waals surface area contributed by atoms with Gasteiger partial charge in [0.25, 0.3) is 5.91 Å². The highest BCUT2D eigenvalue weighted by Gasteiger charge is 2.19. The Hall–Kier alpha value is -3.05. The predicted molar refractivity (Wildman–Crippen MR) is 120 cm³/mol. The Morgan fingerprint density at radius 3 is 2.43 bits per heavy atom. The average Bonchev–Trinajstić information content (AvgIpc) is 3.29.